The normalized spacial score (nSPS) is 19.9. The number of halogens is 2. The highest BCUT2D eigenvalue weighted by Crippen LogP contribution is 2.25. The van der Waals surface area contributed by atoms with Gasteiger partial charge < -0.3 is 4.90 Å². The molecule has 0 radical (unpaired) electrons. The van der Waals surface area contributed by atoms with Crippen molar-refractivity contribution >= 4 is 27.5 Å². The van der Waals surface area contributed by atoms with E-state index < -0.39 is 16.0 Å². The lowest BCUT2D eigenvalue weighted by atomic mass is 10.3. The van der Waals surface area contributed by atoms with E-state index >= 15 is 0 Å². The SMILES string of the molecule is CN(C)S(=O)(=O)N[C@@H]1CCN(c2ccc(Cl)c(F)c2)C1. The van der Waals surface area contributed by atoms with Gasteiger partial charge in [0.25, 0.3) is 10.2 Å². The van der Waals surface area contributed by atoms with Crippen LogP contribution in [0.3, 0.4) is 0 Å². The number of rotatable bonds is 4. The first-order valence-corrected chi connectivity index (χ1v) is 8.01. The Kier molecular flexibility index (Phi) is 4.53. The number of nitrogens with one attached hydrogen (secondary N) is 1. The molecular weight excluding hydrogens is 305 g/mol. The van der Waals surface area contributed by atoms with Gasteiger partial charge in [-0.3, -0.25) is 0 Å². The van der Waals surface area contributed by atoms with Gasteiger partial charge in [0.05, 0.1) is 5.02 Å². The second-order valence-corrected chi connectivity index (χ2v) is 7.26. The van der Waals surface area contributed by atoms with Gasteiger partial charge in [0, 0.05) is 38.9 Å². The third-order valence-corrected chi connectivity index (χ3v) is 5.15. The van der Waals surface area contributed by atoms with Gasteiger partial charge in [-0.05, 0) is 24.6 Å². The van der Waals surface area contributed by atoms with Crippen LogP contribution in [-0.2, 0) is 10.2 Å². The van der Waals surface area contributed by atoms with Gasteiger partial charge in [0.1, 0.15) is 5.82 Å². The predicted octanol–water partition coefficient (Wildman–Crippen LogP) is 1.45. The Morgan fingerprint density at radius 1 is 1.45 bits per heavy atom. The number of benzene rings is 1. The van der Waals surface area contributed by atoms with Crippen LogP contribution >= 0.6 is 11.6 Å². The molecule has 1 aliphatic rings. The van der Waals surface area contributed by atoms with E-state index in [-0.39, 0.29) is 11.1 Å². The van der Waals surface area contributed by atoms with E-state index in [9.17, 15) is 12.8 Å². The van der Waals surface area contributed by atoms with Crippen LogP contribution in [0.5, 0.6) is 0 Å². The van der Waals surface area contributed by atoms with E-state index in [0.29, 0.717) is 25.2 Å². The van der Waals surface area contributed by atoms with Crippen molar-refractivity contribution in [2.75, 3.05) is 32.1 Å². The summed E-state index contributed by atoms with van der Waals surface area (Å²) in [6.07, 6.45) is 0.678. The Labute approximate surface area is 123 Å². The average molecular weight is 322 g/mol. The molecule has 1 aromatic rings. The van der Waals surface area contributed by atoms with Crippen molar-refractivity contribution in [1.29, 1.82) is 0 Å². The van der Waals surface area contributed by atoms with Gasteiger partial charge in [0.15, 0.2) is 0 Å². The highest BCUT2D eigenvalue weighted by Gasteiger charge is 2.27. The maximum atomic E-state index is 13.4. The molecule has 1 saturated heterocycles. The Bertz CT molecular complexity index is 594. The zero-order chi connectivity index (χ0) is 14.9. The zero-order valence-corrected chi connectivity index (χ0v) is 12.9. The molecule has 0 spiro atoms. The Hall–Kier alpha value is -0.890. The van der Waals surface area contributed by atoms with E-state index in [0.717, 1.165) is 4.31 Å². The Morgan fingerprint density at radius 3 is 2.75 bits per heavy atom. The molecule has 0 aromatic heterocycles. The van der Waals surface area contributed by atoms with Crippen molar-refractivity contribution in [1.82, 2.24) is 9.03 Å². The van der Waals surface area contributed by atoms with Crippen molar-refractivity contribution < 1.29 is 12.8 Å². The van der Waals surface area contributed by atoms with Crippen molar-refractivity contribution in [2.24, 2.45) is 0 Å². The molecule has 112 valence electrons. The van der Waals surface area contributed by atoms with Gasteiger partial charge in [-0.2, -0.15) is 17.4 Å². The van der Waals surface area contributed by atoms with Crippen LogP contribution in [-0.4, -0.2) is 45.9 Å². The molecule has 0 aliphatic carbocycles. The Balaban J connectivity index is 2.04. The van der Waals surface area contributed by atoms with Gasteiger partial charge in [-0.1, -0.05) is 11.6 Å². The van der Waals surface area contributed by atoms with Crippen molar-refractivity contribution in [2.45, 2.75) is 12.5 Å². The van der Waals surface area contributed by atoms with Crippen LogP contribution in [0.4, 0.5) is 10.1 Å². The first kappa shape index (κ1) is 15.5. The predicted molar refractivity (Wildman–Crippen MR) is 77.8 cm³/mol. The van der Waals surface area contributed by atoms with Crippen LogP contribution in [0, 0.1) is 5.82 Å². The molecule has 1 aromatic carbocycles. The highest BCUT2D eigenvalue weighted by atomic mass is 35.5. The molecule has 0 amide bonds. The summed E-state index contributed by atoms with van der Waals surface area (Å²) >= 11 is 5.65. The van der Waals surface area contributed by atoms with E-state index in [2.05, 4.69) is 4.72 Å². The monoisotopic (exact) mass is 321 g/mol. The first-order valence-electron chi connectivity index (χ1n) is 6.19. The summed E-state index contributed by atoms with van der Waals surface area (Å²) in [6.45, 7) is 1.18. The maximum absolute atomic E-state index is 13.4. The van der Waals surface area contributed by atoms with Crippen LogP contribution in [0.15, 0.2) is 18.2 Å². The molecule has 8 heteroatoms. The lowest BCUT2D eigenvalue weighted by Gasteiger charge is -2.20. The molecule has 1 aliphatic heterocycles. The van der Waals surface area contributed by atoms with Gasteiger partial charge >= 0.3 is 0 Å². The molecule has 1 heterocycles. The fourth-order valence-corrected chi connectivity index (χ4v) is 3.03. The van der Waals surface area contributed by atoms with Crippen LogP contribution in [0.25, 0.3) is 0 Å². The molecular formula is C12H17ClFN3O2S. The topological polar surface area (TPSA) is 52.7 Å². The van der Waals surface area contributed by atoms with Crippen LogP contribution in [0.2, 0.25) is 5.02 Å². The van der Waals surface area contributed by atoms with E-state index in [1.165, 1.54) is 26.2 Å². The second kappa shape index (κ2) is 5.85. The minimum atomic E-state index is -3.44. The number of hydrogen-bond acceptors (Lipinski definition) is 3. The fourth-order valence-electron chi connectivity index (χ4n) is 2.09. The van der Waals surface area contributed by atoms with Crippen LogP contribution < -0.4 is 9.62 Å². The average Bonchev–Trinajstić information content (AvgIpc) is 2.80. The summed E-state index contributed by atoms with van der Waals surface area (Å²) < 4.78 is 40.7. The summed E-state index contributed by atoms with van der Waals surface area (Å²) in [5, 5.41) is 0.0813. The summed E-state index contributed by atoms with van der Waals surface area (Å²) in [5.41, 5.74) is 0.707. The summed E-state index contributed by atoms with van der Waals surface area (Å²) in [5.74, 6) is -0.471. The van der Waals surface area contributed by atoms with Gasteiger partial charge in [0.2, 0.25) is 0 Å². The molecule has 2 rings (SSSR count). The highest BCUT2D eigenvalue weighted by molar-refractivity contribution is 7.87. The van der Waals surface area contributed by atoms with Gasteiger partial charge in [-0.25, -0.2) is 4.39 Å². The molecule has 0 unspecified atom stereocenters. The summed E-state index contributed by atoms with van der Waals surface area (Å²) in [6, 6.07) is 4.42. The standard InChI is InChI=1S/C12H17ClFN3O2S/c1-16(2)20(18,19)15-9-5-6-17(8-9)10-3-4-11(13)12(14)7-10/h3-4,7,9,15H,5-6,8H2,1-2H3/t9-/m1/s1. The summed E-state index contributed by atoms with van der Waals surface area (Å²) in [7, 11) is -0.489. The number of nitrogens with zero attached hydrogens (tertiary/aromatic N) is 2. The number of hydrogen-bond donors (Lipinski definition) is 1. The van der Waals surface area contributed by atoms with Crippen molar-refractivity contribution in [3.63, 3.8) is 0 Å². The second-order valence-electron chi connectivity index (χ2n) is 4.94. The molecule has 0 saturated carbocycles. The lowest BCUT2D eigenvalue weighted by molar-refractivity contribution is 0.491. The zero-order valence-electron chi connectivity index (χ0n) is 11.3. The minimum absolute atomic E-state index is 0.0813. The minimum Gasteiger partial charge on any atom is -0.370 e. The fraction of sp³-hybridized carbons (Fsp3) is 0.500. The molecule has 20 heavy (non-hydrogen) atoms. The quantitative estimate of drug-likeness (QED) is 0.913. The number of anilines is 1. The smallest absolute Gasteiger partial charge is 0.279 e. The Morgan fingerprint density at radius 2 is 2.15 bits per heavy atom. The van der Waals surface area contributed by atoms with Crippen molar-refractivity contribution in [3.8, 4) is 0 Å². The molecule has 1 atom stereocenters. The molecule has 0 bridgehead atoms. The van der Waals surface area contributed by atoms with Gasteiger partial charge in [-0.15, -0.1) is 0 Å². The third-order valence-electron chi connectivity index (χ3n) is 3.25. The molecule has 1 fully saturated rings. The van der Waals surface area contributed by atoms with E-state index in [1.807, 2.05) is 4.90 Å². The lowest BCUT2D eigenvalue weighted by Crippen LogP contribution is -2.43. The third kappa shape index (κ3) is 3.41. The molecule has 5 nitrogen and oxygen atoms in total. The van der Waals surface area contributed by atoms with E-state index in [4.69, 9.17) is 11.6 Å². The van der Waals surface area contributed by atoms with Crippen molar-refractivity contribution in [3.05, 3.63) is 29.0 Å². The first-order chi connectivity index (χ1) is 9.29. The van der Waals surface area contributed by atoms with Crippen LogP contribution in [0.1, 0.15) is 6.42 Å². The largest absolute Gasteiger partial charge is 0.370 e. The summed E-state index contributed by atoms with van der Waals surface area (Å²) in [4.78, 5) is 1.93. The van der Waals surface area contributed by atoms with E-state index in [1.54, 1.807) is 6.07 Å². The maximum Gasteiger partial charge on any atom is 0.279 e. The molecule has 1 N–H and O–H groups in total.